The highest BCUT2D eigenvalue weighted by molar-refractivity contribution is 5.70. The van der Waals surface area contributed by atoms with Crippen LogP contribution >= 0.6 is 0 Å². The van der Waals surface area contributed by atoms with Gasteiger partial charge in [-0.2, -0.15) is 0 Å². The largest absolute Gasteiger partial charge is 0.462 e. The van der Waals surface area contributed by atoms with Gasteiger partial charge >= 0.3 is 11.9 Å². The Bertz CT molecular complexity index is 1680. The second-order valence-corrected chi connectivity index (χ2v) is 21.8. The molecular weight excluding hydrogens is 981 g/mol. The lowest BCUT2D eigenvalue weighted by molar-refractivity contribution is -0.161. The average molecular weight is 1110 g/mol. The molecule has 80 heavy (non-hydrogen) atoms. The molecule has 0 saturated carbocycles. The van der Waals surface area contributed by atoms with Gasteiger partial charge in [0.25, 0.3) is 0 Å². The lowest BCUT2D eigenvalue weighted by atomic mass is 10.0. The summed E-state index contributed by atoms with van der Waals surface area (Å²) in [6.45, 7) is 3.93. The van der Waals surface area contributed by atoms with E-state index in [2.05, 4.69) is 160 Å². The lowest BCUT2D eigenvalue weighted by Gasteiger charge is -2.15. The van der Waals surface area contributed by atoms with E-state index in [1.54, 1.807) is 0 Å². The van der Waals surface area contributed by atoms with Crippen molar-refractivity contribution in [1.29, 1.82) is 0 Å². The van der Waals surface area contributed by atoms with Crippen LogP contribution in [0.25, 0.3) is 0 Å². The van der Waals surface area contributed by atoms with Crippen molar-refractivity contribution in [2.45, 2.75) is 302 Å². The van der Waals surface area contributed by atoms with Crippen molar-refractivity contribution in [2.75, 3.05) is 13.2 Å². The van der Waals surface area contributed by atoms with E-state index in [1.165, 1.54) is 154 Å². The van der Waals surface area contributed by atoms with Crippen molar-refractivity contribution in [3.05, 3.63) is 146 Å². The van der Waals surface area contributed by atoms with Crippen molar-refractivity contribution in [3.8, 4) is 0 Å². The minimum Gasteiger partial charge on any atom is -0.462 e. The zero-order valence-corrected chi connectivity index (χ0v) is 52.0. The summed E-state index contributed by atoms with van der Waals surface area (Å²) in [5.74, 6) is -0.591. The molecule has 0 aliphatic carbocycles. The zero-order valence-electron chi connectivity index (χ0n) is 52.0. The van der Waals surface area contributed by atoms with Crippen LogP contribution in [0.1, 0.15) is 296 Å². The highest BCUT2D eigenvalue weighted by atomic mass is 16.6. The maximum Gasteiger partial charge on any atom is 0.306 e. The van der Waals surface area contributed by atoms with Gasteiger partial charge in [-0.05, 0) is 116 Å². The van der Waals surface area contributed by atoms with E-state index in [-0.39, 0.29) is 25.2 Å². The molecule has 1 atom stereocenters. The third-order valence-corrected chi connectivity index (χ3v) is 14.1. The lowest BCUT2D eigenvalue weighted by Crippen LogP contribution is -2.28. The summed E-state index contributed by atoms with van der Waals surface area (Å²) in [4.78, 5) is 24.6. The van der Waals surface area contributed by atoms with Crippen LogP contribution in [0.4, 0.5) is 0 Å². The SMILES string of the molecule is CC/C=C\C/C=C\C/C=C\C/C=C\C/C=C\C/C=C\CCCCCCCCCCCCCCCCCCC(=O)OC(CO)COC(=O)CCCCCCCCCCCCCC/C=C\C/C=C\C/C=C\C/C=C\C/C=C\C/C=C\CC. The standard InChI is InChI=1S/C75H124O5/c1-3-5-7-9-11-13-15-17-19-21-23-25-27-29-31-33-35-36-37-38-40-42-44-46-48-50-52-54-56-58-60-62-64-66-68-70-75(78)80-73(71-76)72-79-74(77)69-67-65-63-61-59-57-55-53-51-49-47-45-43-41-39-34-32-30-28-26-24-22-20-18-16-14-12-10-8-6-4-2/h5-8,11-14,17-20,23-26,29-32,35-36,39,41,73,76H,3-4,9-10,15-16,21-22,27-28,33-34,37-38,40,42-72H2,1-2H3/b7-5-,8-6-,13-11-,14-12-,19-17-,20-18-,25-23-,26-24-,31-29-,32-30-,36-35-,41-39-. The number of rotatable bonds is 60. The summed E-state index contributed by atoms with van der Waals surface area (Å²) in [6.07, 6.45) is 104. The second kappa shape index (κ2) is 69.1. The first-order valence-corrected chi connectivity index (χ1v) is 33.4. The quantitative estimate of drug-likeness (QED) is 0.0373. The van der Waals surface area contributed by atoms with Crippen molar-refractivity contribution < 1.29 is 24.2 Å². The molecule has 0 bridgehead atoms. The molecule has 0 aromatic rings. The molecule has 5 nitrogen and oxygen atoms in total. The van der Waals surface area contributed by atoms with Crippen LogP contribution in [0.5, 0.6) is 0 Å². The van der Waals surface area contributed by atoms with E-state index in [9.17, 15) is 14.7 Å². The molecule has 0 aliphatic rings. The Kier molecular flexibility index (Phi) is 65.4. The topological polar surface area (TPSA) is 72.8 Å². The number of carbonyl (C=O) groups excluding carboxylic acids is 2. The van der Waals surface area contributed by atoms with Gasteiger partial charge in [-0.15, -0.1) is 0 Å². The van der Waals surface area contributed by atoms with E-state index >= 15 is 0 Å². The van der Waals surface area contributed by atoms with E-state index < -0.39 is 6.10 Å². The number of allylic oxidation sites excluding steroid dienone is 24. The molecule has 0 aromatic carbocycles. The number of ether oxygens (including phenoxy) is 2. The summed E-state index contributed by atoms with van der Waals surface area (Å²) in [5.41, 5.74) is 0. The fraction of sp³-hybridized carbons (Fsp3) is 0.653. The summed E-state index contributed by atoms with van der Waals surface area (Å²) in [5, 5.41) is 9.70. The molecule has 0 spiro atoms. The van der Waals surface area contributed by atoms with Gasteiger partial charge in [-0.3, -0.25) is 9.59 Å². The minimum atomic E-state index is -0.782. The third kappa shape index (κ3) is 66.3. The fourth-order valence-corrected chi connectivity index (χ4v) is 9.21. The van der Waals surface area contributed by atoms with Gasteiger partial charge in [0.15, 0.2) is 6.10 Å². The Morgan fingerprint density at radius 1 is 0.287 bits per heavy atom. The number of aliphatic hydroxyl groups excluding tert-OH is 1. The van der Waals surface area contributed by atoms with Gasteiger partial charge in [0.1, 0.15) is 6.61 Å². The molecule has 0 amide bonds. The first-order chi connectivity index (χ1) is 39.6. The molecular formula is C75H124O5. The molecule has 0 fully saturated rings. The summed E-state index contributed by atoms with van der Waals surface area (Å²) in [6, 6.07) is 0. The smallest absolute Gasteiger partial charge is 0.306 e. The van der Waals surface area contributed by atoms with E-state index in [1.807, 2.05) is 0 Å². The molecule has 0 radical (unpaired) electrons. The van der Waals surface area contributed by atoms with Crippen molar-refractivity contribution >= 4 is 11.9 Å². The zero-order chi connectivity index (χ0) is 57.6. The molecule has 0 rings (SSSR count). The van der Waals surface area contributed by atoms with Crippen molar-refractivity contribution in [1.82, 2.24) is 0 Å². The first kappa shape index (κ1) is 75.8. The van der Waals surface area contributed by atoms with Crippen molar-refractivity contribution in [2.24, 2.45) is 0 Å². The van der Waals surface area contributed by atoms with E-state index in [0.29, 0.717) is 12.8 Å². The number of hydrogen-bond acceptors (Lipinski definition) is 5. The van der Waals surface area contributed by atoms with Crippen LogP contribution in [0.2, 0.25) is 0 Å². The van der Waals surface area contributed by atoms with Gasteiger partial charge in [-0.25, -0.2) is 0 Å². The van der Waals surface area contributed by atoms with Crippen LogP contribution in [0.15, 0.2) is 146 Å². The Labute approximate surface area is 495 Å². The number of carbonyl (C=O) groups is 2. The number of aliphatic hydroxyl groups is 1. The molecule has 454 valence electrons. The normalized spacial score (nSPS) is 13.2. The monoisotopic (exact) mass is 1100 g/mol. The van der Waals surface area contributed by atoms with Crippen LogP contribution in [-0.4, -0.2) is 36.4 Å². The average Bonchev–Trinajstić information content (AvgIpc) is 3.46. The molecule has 1 N–H and O–H groups in total. The third-order valence-electron chi connectivity index (χ3n) is 14.1. The van der Waals surface area contributed by atoms with Crippen LogP contribution in [0, 0.1) is 0 Å². The molecule has 1 unspecified atom stereocenters. The van der Waals surface area contributed by atoms with Gasteiger partial charge < -0.3 is 14.6 Å². The van der Waals surface area contributed by atoms with Gasteiger partial charge in [0.05, 0.1) is 6.61 Å². The highest BCUT2D eigenvalue weighted by Crippen LogP contribution is 2.17. The summed E-state index contributed by atoms with van der Waals surface area (Å²) in [7, 11) is 0. The summed E-state index contributed by atoms with van der Waals surface area (Å²) < 4.78 is 10.8. The number of unbranched alkanes of at least 4 members (excludes halogenated alkanes) is 28. The van der Waals surface area contributed by atoms with Gasteiger partial charge in [-0.1, -0.05) is 314 Å². The fourth-order valence-electron chi connectivity index (χ4n) is 9.21. The number of esters is 2. The van der Waals surface area contributed by atoms with Crippen LogP contribution < -0.4 is 0 Å². The maximum absolute atomic E-state index is 12.4. The van der Waals surface area contributed by atoms with Gasteiger partial charge in [0.2, 0.25) is 0 Å². The second-order valence-electron chi connectivity index (χ2n) is 21.8. The predicted molar refractivity (Wildman–Crippen MR) is 352 cm³/mol. The Morgan fingerprint density at radius 3 is 0.750 bits per heavy atom. The molecule has 0 heterocycles. The first-order valence-electron chi connectivity index (χ1n) is 33.4. The van der Waals surface area contributed by atoms with E-state index in [4.69, 9.17) is 9.47 Å². The van der Waals surface area contributed by atoms with Crippen LogP contribution in [-0.2, 0) is 19.1 Å². The highest BCUT2D eigenvalue weighted by Gasteiger charge is 2.16. The molecule has 0 aromatic heterocycles. The Morgan fingerprint density at radius 2 is 0.500 bits per heavy atom. The molecule has 0 saturated heterocycles. The van der Waals surface area contributed by atoms with Gasteiger partial charge in [0, 0.05) is 12.8 Å². The number of hydrogen-bond donors (Lipinski definition) is 1. The maximum atomic E-state index is 12.4. The summed E-state index contributed by atoms with van der Waals surface area (Å²) >= 11 is 0. The van der Waals surface area contributed by atoms with Crippen molar-refractivity contribution in [3.63, 3.8) is 0 Å². The molecule has 5 heteroatoms. The van der Waals surface area contributed by atoms with Crippen LogP contribution in [0.3, 0.4) is 0 Å². The predicted octanol–water partition coefficient (Wildman–Crippen LogP) is 23.3. The van der Waals surface area contributed by atoms with E-state index in [0.717, 1.165) is 116 Å². The Hall–Kier alpha value is -4.22. The molecule has 0 aliphatic heterocycles. The Balaban J connectivity index is 3.50. The minimum absolute atomic E-state index is 0.0720.